The highest BCUT2D eigenvalue weighted by Crippen LogP contribution is 2.23. The zero-order chi connectivity index (χ0) is 12.9. The third-order valence-electron chi connectivity index (χ3n) is 3.75. The van der Waals surface area contributed by atoms with Crippen LogP contribution < -0.4 is 11.1 Å². The molecule has 0 aromatic heterocycles. The van der Waals surface area contributed by atoms with Crippen LogP contribution in [0.25, 0.3) is 0 Å². The predicted octanol–water partition coefficient (Wildman–Crippen LogP) is 1.10. The summed E-state index contributed by atoms with van der Waals surface area (Å²) in [6.45, 7) is 8.71. The van der Waals surface area contributed by atoms with Gasteiger partial charge in [0.15, 0.2) is 0 Å². The molecular weight excluding hydrogens is 214 g/mol. The molecule has 1 aliphatic rings. The van der Waals surface area contributed by atoms with Crippen molar-refractivity contribution >= 4 is 5.91 Å². The SMILES string of the molecule is CCCCCNC(=O)C(C)N1CC(N)(CC)C1. The maximum absolute atomic E-state index is 11.8. The van der Waals surface area contributed by atoms with Crippen molar-refractivity contribution in [2.24, 2.45) is 5.73 Å². The Morgan fingerprint density at radius 1 is 1.41 bits per heavy atom. The maximum atomic E-state index is 11.8. The molecule has 0 aromatic rings. The third-order valence-corrected chi connectivity index (χ3v) is 3.75. The van der Waals surface area contributed by atoms with Crippen LogP contribution in [0.2, 0.25) is 0 Å². The molecule has 1 heterocycles. The van der Waals surface area contributed by atoms with E-state index in [0.717, 1.165) is 32.5 Å². The molecule has 3 N–H and O–H groups in total. The lowest BCUT2D eigenvalue weighted by molar-refractivity contribution is -0.129. The minimum absolute atomic E-state index is 0.0418. The van der Waals surface area contributed by atoms with Crippen LogP contribution in [-0.4, -0.2) is 42.0 Å². The second-order valence-electron chi connectivity index (χ2n) is 5.30. The minimum atomic E-state index is -0.0588. The van der Waals surface area contributed by atoms with Gasteiger partial charge < -0.3 is 11.1 Å². The molecule has 0 saturated carbocycles. The first-order chi connectivity index (χ1) is 8.02. The number of nitrogens with one attached hydrogen (secondary N) is 1. The van der Waals surface area contributed by atoms with Gasteiger partial charge in [-0.3, -0.25) is 9.69 Å². The van der Waals surface area contributed by atoms with Crippen molar-refractivity contribution in [2.45, 2.75) is 58.0 Å². The highest BCUT2D eigenvalue weighted by Gasteiger charge is 2.41. The fraction of sp³-hybridized carbons (Fsp3) is 0.923. The van der Waals surface area contributed by atoms with Crippen molar-refractivity contribution in [3.05, 3.63) is 0 Å². The number of amides is 1. The number of unbranched alkanes of at least 4 members (excludes halogenated alkanes) is 2. The quantitative estimate of drug-likeness (QED) is 0.656. The van der Waals surface area contributed by atoms with Crippen molar-refractivity contribution in [1.82, 2.24) is 10.2 Å². The number of rotatable bonds is 7. The molecule has 1 amide bonds. The van der Waals surface area contributed by atoms with E-state index in [0.29, 0.717) is 0 Å². The van der Waals surface area contributed by atoms with Crippen LogP contribution in [0, 0.1) is 0 Å². The fourth-order valence-corrected chi connectivity index (χ4v) is 2.16. The van der Waals surface area contributed by atoms with Crippen molar-refractivity contribution in [1.29, 1.82) is 0 Å². The van der Waals surface area contributed by atoms with E-state index in [2.05, 4.69) is 24.1 Å². The average molecular weight is 241 g/mol. The number of nitrogens with two attached hydrogens (primary N) is 1. The Labute approximate surface area is 105 Å². The van der Waals surface area contributed by atoms with Gasteiger partial charge in [0.25, 0.3) is 0 Å². The van der Waals surface area contributed by atoms with Gasteiger partial charge in [0, 0.05) is 25.2 Å². The molecule has 0 bridgehead atoms. The van der Waals surface area contributed by atoms with Gasteiger partial charge >= 0.3 is 0 Å². The molecule has 1 rings (SSSR count). The van der Waals surface area contributed by atoms with Crippen LogP contribution in [0.15, 0.2) is 0 Å². The minimum Gasteiger partial charge on any atom is -0.355 e. The Balaban J connectivity index is 2.20. The molecule has 17 heavy (non-hydrogen) atoms. The lowest BCUT2D eigenvalue weighted by atomic mass is 9.87. The van der Waals surface area contributed by atoms with Crippen LogP contribution in [0.4, 0.5) is 0 Å². The molecular formula is C13H27N3O. The molecule has 100 valence electrons. The first kappa shape index (κ1) is 14.5. The van der Waals surface area contributed by atoms with Gasteiger partial charge in [-0.2, -0.15) is 0 Å². The van der Waals surface area contributed by atoms with Gasteiger partial charge in [-0.15, -0.1) is 0 Å². The van der Waals surface area contributed by atoms with E-state index in [9.17, 15) is 4.79 Å². The van der Waals surface area contributed by atoms with Gasteiger partial charge in [0.1, 0.15) is 0 Å². The first-order valence-corrected chi connectivity index (χ1v) is 6.83. The molecule has 0 radical (unpaired) electrons. The molecule has 4 heteroatoms. The van der Waals surface area contributed by atoms with Crippen molar-refractivity contribution in [3.63, 3.8) is 0 Å². The standard InChI is InChI=1S/C13H27N3O/c1-4-6-7-8-15-12(17)11(3)16-9-13(14,5-2)10-16/h11H,4-10,14H2,1-3H3,(H,15,17). The summed E-state index contributed by atoms with van der Waals surface area (Å²) in [6.07, 6.45) is 4.42. The highest BCUT2D eigenvalue weighted by molar-refractivity contribution is 5.81. The van der Waals surface area contributed by atoms with Crippen molar-refractivity contribution in [3.8, 4) is 0 Å². The van der Waals surface area contributed by atoms with Crippen LogP contribution in [-0.2, 0) is 4.79 Å². The van der Waals surface area contributed by atoms with E-state index in [1.54, 1.807) is 0 Å². The summed E-state index contributed by atoms with van der Waals surface area (Å²) in [6, 6.07) is -0.0418. The zero-order valence-corrected chi connectivity index (χ0v) is 11.5. The summed E-state index contributed by atoms with van der Waals surface area (Å²) in [4.78, 5) is 14.0. The smallest absolute Gasteiger partial charge is 0.237 e. The number of likely N-dealkylation sites (tertiary alicyclic amines) is 1. The summed E-state index contributed by atoms with van der Waals surface area (Å²) in [5.74, 6) is 0.138. The molecule has 1 unspecified atom stereocenters. The Hall–Kier alpha value is -0.610. The summed E-state index contributed by atoms with van der Waals surface area (Å²) >= 11 is 0. The number of hydrogen-bond acceptors (Lipinski definition) is 3. The predicted molar refractivity (Wildman–Crippen MR) is 70.8 cm³/mol. The largest absolute Gasteiger partial charge is 0.355 e. The van der Waals surface area contributed by atoms with E-state index in [-0.39, 0.29) is 17.5 Å². The van der Waals surface area contributed by atoms with E-state index in [1.807, 2.05) is 6.92 Å². The van der Waals surface area contributed by atoms with E-state index < -0.39 is 0 Å². The van der Waals surface area contributed by atoms with Gasteiger partial charge in [0.2, 0.25) is 5.91 Å². The second kappa shape index (κ2) is 6.36. The molecule has 1 atom stereocenters. The van der Waals surface area contributed by atoms with Crippen LogP contribution >= 0.6 is 0 Å². The topological polar surface area (TPSA) is 58.4 Å². The molecule has 1 aliphatic heterocycles. The second-order valence-corrected chi connectivity index (χ2v) is 5.30. The van der Waals surface area contributed by atoms with Gasteiger partial charge in [-0.25, -0.2) is 0 Å². The van der Waals surface area contributed by atoms with E-state index in [4.69, 9.17) is 5.73 Å². The summed E-state index contributed by atoms with van der Waals surface area (Å²) in [5.41, 5.74) is 6.04. The molecule has 0 aliphatic carbocycles. The third kappa shape index (κ3) is 3.96. The number of carbonyl (C=O) groups excluding carboxylic acids is 1. The molecule has 0 spiro atoms. The van der Waals surface area contributed by atoms with E-state index >= 15 is 0 Å². The molecule has 1 saturated heterocycles. The van der Waals surface area contributed by atoms with Crippen molar-refractivity contribution < 1.29 is 4.79 Å². The number of hydrogen-bond donors (Lipinski definition) is 2. The number of carbonyl (C=O) groups is 1. The Morgan fingerprint density at radius 2 is 2.06 bits per heavy atom. The first-order valence-electron chi connectivity index (χ1n) is 6.83. The lowest BCUT2D eigenvalue weighted by Crippen LogP contribution is -2.70. The van der Waals surface area contributed by atoms with Gasteiger partial charge in [0.05, 0.1) is 6.04 Å². The van der Waals surface area contributed by atoms with Gasteiger partial charge in [-0.1, -0.05) is 26.7 Å². The fourth-order valence-electron chi connectivity index (χ4n) is 2.16. The number of nitrogens with zero attached hydrogens (tertiary/aromatic N) is 1. The summed E-state index contributed by atoms with van der Waals surface area (Å²) in [7, 11) is 0. The van der Waals surface area contributed by atoms with Crippen LogP contribution in [0.3, 0.4) is 0 Å². The Morgan fingerprint density at radius 3 is 2.59 bits per heavy atom. The maximum Gasteiger partial charge on any atom is 0.237 e. The average Bonchev–Trinajstić information content (AvgIpc) is 2.29. The van der Waals surface area contributed by atoms with Crippen LogP contribution in [0.5, 0.6) is 0 Å². The van der Waals surface area contributed by atoms with Crippen LogP contribution in [0.1, 0.15) is 46.5 Å². The summed E-state index contributed by atoms with van der Waals surface area (Å²) < 4.78 is 0. The van der Waals surface area contributed by atoms with E-state index in [1.165, 1.54) is 12.8 Å². The Bertz CT molecular complexity index is 249. The molecule has 4 nitrogen and oxygen atoms in total. The Kier molecular flexibility index (Phi) is 5.40. The zero-order valence-electron chi connectivity index (χ0n) is 11.5. The molecule has 0 aromatic carbocycles. The van der Waals surface area contributed by atoms with Gasteiger partial charge in [-0.05, 0) is 19.8 Å². The lowest BCUT2D eigenvalue weighted by Gasteiger charge is -2.49. The highest BCUT2D eigenvalue weighted by atomic mass is 16.2. The van der Waals surface area contributed by atoms with Crippen molar-refractivity contribution in [2.75, 3.05) is 19.6 Å². The monoisotopic (exact) mass is 241 g/mol. The normalized spacial score (nSPS) is 20.7. The molecule has 1 fully saturated rings. The summed E-state index contributed by atoms with van der Waals surface area (Å²) in [5, 5.41) is 2.99.